The van der Waals surface area contributed by atoms with Gasteiger partial charge in [-0.1, -0.05) is 12.1 Å². The van der Waals surface area contributed by atoms with E-state index in [1.165, 1.54) is 28.6 Å². The van der Waals surface area contributed by atoms with Gasteiger partial charge in [0, 0.05) is 44.5 Å². The van der Waals surface area contributed by atoms with Crippen molar-refractivity contribution in [3.63, 3.8) is 0 Å². The molecule has 1 fully saturated rings. The maximum Gasteiger partial charge on any atom is 0.243 e. The summed E-state index contributed by atoms with van der Waals surface area (Å²) < 4.78 is 62.6. The molecule has 3 heterocycles. The molecular formula is C32H30F2N4O3S. The van der Waals surface area contributed by atoms with Crippen LogP contribution in [0, 0.1) is 11.6 Å². The lowest BCUT2D eigenvalue weighted by Crippen LogP contribution is -2.48. The molecule has 0 unspecified atom stereocenters. The third-order valence-electron chi connectivity index (χ3n) is 7.47. The van der Waals surface area contributed by atoms with E-state index in [0.717, 1.165) is 51.6 Å². The molecule has 0 saturated carbocycles. The Morgan fingerprint density at radius 1 is 0.810 bits per heavy atom. The van der Waals surface area contributed by atoms with E-state index in [-0.39, 0.29) is 10.7 Å². The van der Waals surface area contributed by atoms with Gasteiger partial charge in [0.1, 0.15) is 23.0 Å². The van der Waals surface area contributed by atoms with Gasteiger partial charge in [-0.3, -0.25) is 4.90 Å². The lowest BCUT2D eigenvalue weighted by molar-refractivity contribution is 0.180. The van der Waals surface area contributed by atoms with E-state index >= 15 is 0 Å². The van der Waals surface area contributed by atoms with Gasteiger partial charge in [-0.2, -0.15) is 4.31 Å². The van der Waals surface area contributed by atoms with Gasteiger partial charge < -0.3 is 9.14 Å². The fourth-order valence-electron chi connectivity index (χ4n) is 5.28. The molecule has 2 aromatic heterocycles. The van der Waals surface area contributed by atoms with Crippen molar-refractivity contribution in [2.75, 3.05) is 32.8 Å². The zero-order chi connectivity index (χ0) is 29.3. The highest BCUT2D eigenvalue weighted by Gasteiger charge is 2.29. The van der Waals surface area contributed by atoms with Crippen molar-refractivity contribution >= 4 is 15.7 Å². The third kappa shape index (κ3) is 5.65. The van der Waals surface area contributed by atoms with Crippen molar-refractivity contribution in [1.82, 2.24) is 18.6 Å². The fraction of sp³-hybridized carbons (Fsp3) is 0.219. The van der Waals surface area contributed by atoms with Crippen molar-refractivity contribution in [2.45, 2.75) is 18.4 Å². The van der Waals surface area contributed by atoms with Gasteiger partial charge in [0.25, 0.3) is 0 Å². The first kappa shape index (κ1) is 28.0. The number of sulfonamides is 1. The van der Waals surface area contributed by atoms with Crippen LogP contribution < -0.4 is 4.74 Å². The summed E-state index contributed by atoms with van der Waals surface area (Å²) in [7, 11) is -3.72. The van der Waals surface area contributed by atoms with Crippen LogP contribution in [0.15, 0.2) is 96.0 Å². The Balaban J connectivity index is 1.31. The number of pyridine rings is 1. The summed E-state index contributed by atoms with van der Waals surface area (Å²) in [6, 6.07) is 23.1. The number of aromatic nitrogens is 2. The van der Waals surface area contributed by atoms with Gasteiger partial charge in [-0.25, -0.2) is 22.2 Å². The van der Waals surface area contributed by atoms with Crippen molar-refractivity contribution in [1.29, 1.82) is 0 Å². The molecule has 0 N–H and O–H groups in total. The number of ether oxygens (including phenoxy) is 1. The standard InChI is InChI=1S/C32H30F2N4O3S/c1-2-41-28-5-3-4-24(20-28)25-8-15-31-35-32(23-6-9-26(33)10-7-23)30(38(31)21-25)22-36-16-18-37(19-17-36)42(39,40)29-13-11-27(34)12-14-29/h3-15,20-21H,2,16-19,22H2,1H3. The minimum atomic E-state index is -3.72. The fourth-order valence-corrected chi connectivity index (χ4v) is 6.70. The van der Waals surface area contributed by atoms with E-state index in [4.69, 9.17) is 9.72 Å². The molecule has 42 heavy (non-hydrogen) atoms. The van der Waals surface area contributed by atoms with E-state index < -0.39 is 15.8 Å². The summed E-state index contributed by atoms with van der Waals surface area (Å²) in [6.07, 6.45) is 2.05. The molecule has 10 heteroatoms. The van der Waals surface area contributed by atoms with Crippen molar-refractivity contribution in [2.24, 2.45) is 0 Å². The lowest BCUT2D eigenvalue weighted by Gasteiger charge is -2.34. The Morgan fingerprint density at radius 3 is 2.17 bits per heavy atom. The molecule has 216 valence electrons. The first-order valence-electron chi connectivity index (χ1n) is 13.8. The van der Waals surface area contributed by atoms with Crippen LogP contribution in [0.2, 0.25) is 0 Å². The summed E-state index contributed by atoms with van der Waals surface area (Å²) >= 11 is 0. The number of nitrogens with zero attached hydrogens (tertiary/aromatic N) is 4. The number of hydrogen-bond acceptors (Lipinski definition) is 5. The zero-order valence-electron chi connectivity index (χ0n) is 23.1. The number of benzene rings is 3. The Morgan fingerprint density at radius 2 is 1.48 bits per heavy atom. The van der Waals surface area contributed by atoms with Crippen molar-refractivity contribution in [3.05, 3.63) is 108 Å². The zero-order valence-corrected chi connectivity index (χ0v) is 23.9. The topological polar surface area (TPSA) is 67.2 Å². The molecular weight excluding hydrogens is 558 g/mol. The number of imidazole rings is 1. The van der Waals surface area contributed by atoms with Crippen LogP contribution >= 0.6 is 0 Å². The average molecular weight is 589 g/mol. The number of fused-ring (bicyclic) bond motifs is 1. The molecule has 1 aliphatic heterocycles. The second-order valence-electron chi connectivity index (χ2n) is 10.2. The molecule has 0 spiro atoms. The van der Waals surface area contributed by atoms with Crippen LogP contribution in [-0.4, -0.2) is 59.8 Å². The number of rotatable bonds is 8. The predicted molar refractivity (Wildman–Crippen MR) is 158 cm³/mol. The molecule has 3 aromatic carbocycles. The van der Waals surface area contributed by atoms with E-state index in [2.05, 4.69) is 9.30 Å². The van der Waals surface area contributed by atoms with Gasteiger partial charge in [0.2, 0.25) is 10.0 Å². The SMILES string of the molecule is CCOc1cccc(-c2ccc3nc(-c4ccc(F)cc4)c(CN4CCN(S(=O)(=O)c5ccc(F)cc5)CC4)n3c2)c1. The molecule has 0 amide bonds. The predicted octanol–water partition coefficient (Wildman–Crippen LogP) is 5.85. The van der Waals surface area contributed by atoms with Crippen molar-refractivity contribution in [3.8, 4) is 28.1 Å². The Bertz CT molecular complexity index is 1820. The van der Waals surface area contributed by atoms with E-state index in [0.29, 0.717) is 39.3 Å². The molecule has 1 saturated heterocycles. The molecule has 7 nitrogen and oxygen atoms in total. The second kappa shape index (κ2) is 11.6. The highest BCUT2D eigenvalue weighted by molar-refractivity contribution is 7.89. The highest BCUT2D eigenvalue weighted by atomic mass is 32.2. The number of hydrogen-bond donors (Lipinski definition) is 0. The van der Waals surface area contributed by atoms with Gasteiger partial charge in [-0.15, -0.1) is 0 Å². The van der Waals surface area contributed by atoms with Crippen LogP contribution in [0.25, 0.3) is 28.0 Å². The van der Waals surface area contributed by atoms with Crippen LogP contribution in [0.5, 0.6) is 5.75 Å². The van der Waals surface area contributed by atoms with E-state index in [1.807, 2.05) is 49.5 Å². The molecule has 0 aliphatic carbocycles. The first-order valence-corrected chi connectivity index (χ1v) is 15.2. The number of piperazine rings is 1. The average Bonchev–Trinajstić information content (AvgIpc) is 3.36. The van der Waals surface area contributed by atoms with Gasteiger partial charge in [-0.05, 0) is 90.8 Å². The van der Waals surface area contributed by atoms with Gasteiger partial charge in [0.15, 0.2) is 0 Å². The minimum absolute atomic E-state index is 0.0821. The van der Waals surface area contributed by atoms with Gasteiger partial charge >= 0.3 is 0 Å². The quantitative estimate of drug-likeness (QED) is 0.228. The molecule has 0 bridgehead atoms. The molecule has 0 radical (unpaired) electrons. The molecule has 6 rings (SSSR count). The summed E-state index contributed by atoms with van der Waals surface area (Å²) in [5.74, 6) is -0.00523. The second-order valence-corrected chi connectivity index (χ2v) is 12.1. The largest absolute Gasteiger partial charge is 0.494 e. The number of halogens is 2. The summed E-state index contributed by atoms with van der Waals surface area (Å²) in [4.78, 5) is 7.19. The van der Waals surface area contributed by atoms with E-state index in [1.54, 1.807) is 12.1 Å². The molecule has 5 aromatic rings. The van der Waals surface area contributed by atoms with Crippen LogP contribution in [0.4, 0.5) is 8.78 Å². The molecule has 1 aliphatic rings. The lowest BCUT2D eigenvalue weighted by atomic mass is 10.1. The third-order valence-corrected chi connectivity index (χ3v) is 9.38. The summed E-state index contributed by atoms with van der Waals surface area (Å²) in [5.41, 5.74) is 5.22. The monoisotopic (exact) mass is 588 g/mol. The molecule has 0 atom stereocenters. The van der Waals surface area contributed by atoms with Crippen molar-refractivity contribution < 1.29 is 21.9 Å². The Kier molecular flexibility index (Phi) is 7.76. The maximum absolute atomic E-state index is 13.8. The smallest absolute Gasteiger partial charge is 0.243 e. The highest BCUT2D eigenvalue weighted by Crippen LogP contribution is 2.30. The van der Waals surface area contributed by atoms with Crippen LogP contribution in [-0.2, 0) is 16.6 Å². The van der Waals surface area contributed by atoms with Crippen LogP contribution in [0.3, 0.4) is 0 Å². The maximum atomic E-state index is 13.8. The first-order chi connectivity index (χ1) is 20.3. The van der Waals surface area contributed by atoms with E-state index in [9.17, 15) is 17.2 Å². The summed E-state index contributed by atoms with van der Waals surface area (Å²) in [6.45, 7) is 4.66. The summed E-state index contributed by atoms with van der Waals surface area (Å²) in [5, 5.41) is 0. The Labute approximate surface area is 243 Å². The Hall–Kier alpha value is -4.12. The van der Waals surface area contributed by atoms with Crippen LogP contribution in [0.1, 0.15) is 12.6 Å². The van der Waals surface area contributed by atoms with Gasteiger partial charge in [0.05, 0.1) is 22.9 Å². The minimum Gasteiger partial charge on any atom is -0.494 e. The normalized spacial score (nSPS) is 14.8.